The van der Waals surface area contributed by atoms with E-state index in [2.05, 4.69) is 55.6 Å². The molecule has 8 nitrogen and oxygen atoms in total. The highest BCUT2D eigenvalue weighted by molar-refractivity contribution is 7.45. The number of quaternary nitrogens is 1. The molecule has 3 atom stereocenters. The Kier molecular flexibility index (Phi) is 46.4. The zero-order valence-corrected chi connectivity index (χ0v) is 44.3. The third kappa shape index (κ3) is 50.2. The number of carbonyl (C=O) groups is 1. The molecule has 1 amide bonds. The van der Waals surface area contributed by atoms with Gasteiger partial charge in [-0.1, -0.05) is 229 Å². The van der Waals surface area contributed by atoms with E-state index in [0.717, 1.165) is 44.9 Å². The van der Waals surface area contributed by atoms with Crippen LogP contribution in [0.3, 0.4) is 0 Å². The second-order valence-electron chi connectivity index (χ2n) is 19.9. The smallest absolute Gasteiger partial charge is 0.268 e. The lowest BCUT2D eigenvalue weighted by Crippen LogP contribution is -2.45. The molecule has 0 spiro atoms. The number of allylic oxidation sites excluding steroid dienone is 7. The maximum absolute atomic E-state index is 12.9. The number of phosphoric acid groups is 1. The molecule has 0 aromatic rings. The molecule has 2 N–H and O–H groups in total. The van der Waals surface area contributed by atoms with Crippen LogP contribution in [0.2, 0.25) is 0 Å². The van der Waals surface area contributed by atoms with Gasteiger partial charge in [0.1, 0.15) is 13.2 Å². The quantitative estimate of drug-likeness (QED) is 0.0272. The van der Waals surface area contributed by atoms with Gasteiger partial charge in [0, 0.05) is 6.42 Å². The molecule has 0 aliphatic rings. The van der Waals surface area contributed by atoms with Gasteiger partial charge in [-0.3, -0.25) is 9.36 Å². The van der Waals surface area contributed by atoms with E-state index in [1.165, 1.54) is 186 Å². The van der Waals surface area contributed by atoms with Gasteiger partial charge in [-0.25, -0.2) is 0 Å². The Labute approximate surface area is 403 Å². The number of amides is 1. The van der Waals surface area contributed by atoms with Crippen LogP contribution < -0.4 is 10.2 Å². The number of carbonyl (C=O) groups excluding carboxylic acids is 1. The Morgan fingerprint density at radius 1 is 0.538 bits per heavy atom. The van der Waals surface area contributed by atoms with Crippen LogP contribution in [-0.2, 0) is 18.4 Å². The van der Waals surface area contributed by atoms with Gasteiger partial charge < -0.3 is 28.8 Å². The second-order valence-corrected chi connectivity index (χ2v) is 21.3. The highest BCUT2D eigenvalue weighted by atomic mass is 31.2. The average Bonchev–Trinajstić information content (AvgIpc) is 3.26. The molecule has 0 heterocycles. The van der Waals surface area contributed by atoms with Gasteiger partial charge in [0.15, 0.2) is 0 Å². The van der Waals surface area contributed by atoms with Gasteiger partial charge in [0.2, 0.25) is 5.91 Å². The third-order valence-electron chi connectivity index (χ3n) is 12.3. The summed E-state index contributed by atoms with van der Waals surface area (Å²) in [4.78, 5) is 25.4. The van der Waals surface area contributed by atoms with Crippen molar-refractivity contribution in [2.24, 2.45) is 0 Å². The summed E-state index contributed by atoms with van der Waals surface area (Å²) in [7, 11) is 1.24. The number of nitrogens with one attached hydrogen (secondary N) is 1. The Morgan fingerprint density at radius 3 is 1.34 bits per heavy atom. The van der Waals surface area contributed by atoms with Gasteiger partial charge in [-0.05, 0) is 64.2 Å². The fraction of sp³-hybridized carbons (Fsp3) is 0.839. The molecule has 0 aromatic carbocycles. The largest absolute Gasteiger partial charge is 0.756 e. The predicted molar refractivity (Wildman–Crippen MR) is 279 cm³/mol. The van der Waals surface area contributed by atoms with Crippen LogP contribution in [0.1, 0.15) is 251 Å². The molecule has 0 aromatic heterocycles. The predicted octanol–water partition coefficient (Wildman–Crippen LogP) is 15.7. The van der Waals surface area contributed by atoms with Gasteiger partial charge in [-0.2, -0.15) is 0 Å². The van der Waals surface area contributed by atoms with Crippen LogP contribution >= 0.6 is 7.82 Å². The van der Waals surface area contributed by atoms with Crippen molar-refractivity contribution >= 4 is 13.7 Å². The number of nitrogens with zero attached hydrogens (tertiary/aromatic N) is 1. The Morgan fingerprint density at radius 2 is 0.908 bits per heavy atom. The Hall–Kier alpha value is -1.54. The van der Waals surface area contributed by atoms with Crippen molar-refractivity contribution < 1.29 is 32.9 Å². The zero-order chi connectivity index (χ0) is 47.8. The van der Waals surface area contributed by atoms with Gasteiger partial charge >= 0.3 is 0 Å². The molecule has 0 saturated carbocycles. The molecule has 0 rings (SSSR count). The monoisotopic (exact) mass is 935 g/mol. The number of likely N-dealkylation sites (N-methyl/N-ethyl adjacent to an activating group) is 1. The number of hydrogen-bond donors (Lipinski definition) is 2. The van der Waals surface area contributed by atoms with Gasteiger partial charge in [0.25, 0.3) is 7.82 Å². The minimum Gasteiger partial charge on any atom is -0.756 e. The fourth-order valence-electron chi connectivity index (χ4n) is 7.91. The summed E-state index contributed by atoms with van der Waals surface area (Å²) in [6.45, 7) is 4.64. The fourth-order valence-corrected chi connectivity index (χ4v) is 8.63. The molecule has 0 saturated heterocycles. The van der Waals surface area contributed by atoms with E-state index >= 15 is 0 Å². The van der Waals surface area contributed by atoms with E-state index in [4.69, 9.17) is 9.05 Å². The van der Waals surface area contributed by atoms with E-state index in [9.17, 15) is 19.4 Å². The lowest BCUT2D eigenvalue weighted by molar-refractivity contribution is -0.870. The highest BCUT2D eigenvalue weighted by Crippen LogP contribution is 2.38. The maximum atomic E-state index is 12.9. The summed E-state index contributed by atoms with van der Waals surface area (Å²) in [5, 5.41) is 13.8. The summed E-state index contributed by atoms with van der Waals surface area (Å²) in [5.41, 5.74) is 0. The molecule has 0 radical (unpaired) electrons. The Bertz CT molecular complexity index is 1200. The summed E-state index contributed by atoms with van der Waals surface area (Å²) in [6, 6.07) is -0.907. The van der Waals surface area contributed by atoms with E-state index in [-0.39, 0.29) is 12.5 Å². The van der Waals surface area contributed by atoms with Crippen LogP contribution in [-0.4, -0.2) is 68.5 Å². The second kappa shape index (κ2) is 47.5. The van der Waals surface area contributed by atoms with Crippen molar-refractivity contribution in [2.75, 3.05) is 40.9 Å². The topological polar surface area (TPSA) is 108 Å². The summed E-state index contributed by atoms with van der Waals surface area (Å²) in [6.07, 6.45) is 61.8. The summed E-state index contributed by atoms with van der Waals surface area (Å²) >= 11 is 0. The molecular formula is C56H107N2O6P. The normalized spacial score (nSPS) is 14.4. The number of hydrogen-bond acceptors (Lipinski definition) is 6. The van der Waals surface area contributed by atoms with Crippen LogP contribution in [0.5, 0.6) is 0 Å². The molecule has 382 valence electrons. The molecule has 9 heteroatoms. The molecule has 3 unspecified atom stereocenters. The number of aliphatic hydroxyl groups excluding tert-OH is 1. The Balaban J connectivity index is 4.28. The first-order chi connectivity index (χ1) is 31.5. The van der Waals surface area contributed by atoms with Crippen molar-refractivity contribution in [3.8, 4) is 0 Å². The van der Waals surface area contributed by atoms with E-state index in [1.807, 2.05) is 27.2 Å². The first kappa shape index (κ1) is 63.5. The molecule has 65 heavy (non-hydrogen) atoms. The molecule has 0 bridgehead atoms. The highest BCUT2D eigenvalue weighted by Gasteiger charge is 2.23. The summed E-state index contributed by atoms with van der Waals surface area (Å²) in [5.74, 6) is -0.211. The van der Waals surface area contributed by atoms with Gasteiger partial charge in [-0.15, -0.1) is 0 Å². The minimum absolute atomic E-state index is 0.00799. The average molecular weight is 935 g/mol. The van der Waals surface area contributed by atoms with Crippen LogP contribution in [0, 0.1) is 0 Å². The van der Waals surface area contributed by atoms with E-state index in [1.54, 1.807) is 6.08 Å². The standard InChI is InChI=1S/C56H107N2O6P/c1-6-8-10-12-14-16-18-20-22-24-26-27-28-29-30-31-32-34-36-38-40-42-44-46-48-50-56(60)57-54(53-64-65(61,62)63-52-51-58(3,4)5)55(59)49-47-45-43-41-39-37-35-33-25-23-21-19-17-15-13-11-9-7-2/h26-27,29-30,39,41,47,49,54-55,59H,6-25,28,31-38,40,42-46,48,50-53H2,1-5H3,(H-,57,60,61,62)/b27-26-,30-29-,41-39+,49-47+. The van der Waals surface area contributed by atoms with Crippen molar-refractivity contribution in [1.29, 1.82) is 0 Å². The van der Waals surface area contributed by atoms with Crippen LogP contribution in [0.4, 0.5) is 0 Å². The number of aliphatic hydroxyl groups is 1. The lowest BCUT2D eigenvalue weighted by Gasteiger charge is -2.29. The molecular weight excluding hydrogens is 828 g/mol. The summed E-state index contributed by atoms with van der Waals surface area (Å²) < 4.78 is 23.3. The number of rotatable bonds is 50. The number of phosphoric ester groups is 1. The lowest BCUT2D eigenvalue weighted by atomic mass is 10.0. The molecule has 0 aliphatic carbocycles. The first-order valence-corrected chi connectivity index (χ1v) is 29.0. The SMILES string of the molecule is CCCCCCCCCCC/C=C\C/C=C\CCCCCCCCCCCC(=O)NC(COP(=O)([O-])OCC[N+](C)(C)C)C(O)/C=C/CC/C=C/CCCCCCCCCCCCCC. The zero-order valence-electron chi connectivity index (χ0n) is 43.4. The van der Waals surface area contributed by atoms with Gasteiger partial charge in [0.05, 0.1) is 39.9 Å². The number of unbranched alkanes of at least 4 members (excludes halogenated alkanes) is 31. The van der Waals surface area contributed by atoms with Crippen molar-refractivity contribution in [2.45, 2.75) is 264 Å². The first-order valence-electron chi connectivity index (χ1n) is 27.5. The van der Waals surface area contributed by atoms with Crippen molar-refractivity contribution in [3.05, 3.63) is 48.6 Å². The van der Waals surface area contributed by atoms with Crippen LogP contribution in [0.15, 0.2) is 48.6 Å². The third-order valence-corrected chi connectivity index (χ3v) is 13.2. The minimum atomic E-state index is -4.60. The van der Waals surface area contributed by atoms with Crippen molar-refractivity contribution in [3.63, 3.8) is 0 Å². The molecule has 0 fully saturated rings. The van der Waals surface area contributed by atoms with E-state index < -0.39 is 26.6 Å². The van der Waals surface area contributed by atoms with Crippen molar-refractivity contribution in [1.82, 2.24) is 5.32 Å². The van der Waals surface area contributed by atoms with E-state index in [0.29, 0.717) is 17.4 Å². The maximum Gasteiger partial charge on any atom is 0.268 e. The van der Waals surface area contributed by atoms with Crippen LogP contribution in [0.25, 0.3) is 0 Å². The molecule has 0 aliphatic heterocycles.